The molecule has 0 unspecified atom stereocenters. The van der Waals surface area contributed by atoms with Gasteiger partial charge in [-0.25, -0.2) is 9.89 Å². The van der Waals surface area contributed by atoms with Crippen molar-refractivity contribution in [2.75, 3.05) is 0 Å². The standard InChI is InChI=1S/C15H13BrN4O2/c1-10-3-2-4-13(20-15(21)17-18-19-20)14(10)22-9-11-5-7-12(16)8-6-11/h2-8H,9H2,1H3,(H,17,19,21). The predicted octanol–water partition coefficient (Wildman–Crippen LogP) is 2.61. The van der Waals surface area contributed by atoms with E-state index >= 15 is 0 Å². The van der Waals surface area contributed by atoms with E-state index in [0.717, 1.165) is 15.6 Å². The number of H-pyrrole nitrogens is 1. The van der Waals surface area contributed by atoms with Crippen LogP contribution >= 0.6 is 15.9 Å². The van der Waals surface area contributed by atoms with E-state index in [4.69, 9.17) is 4.74 Å². The van der Waals surface area contributed by atoms with Crippen LogP contribution in [0.15, 0.2) is 51.7 Å². The van der Waals surface area contributed by atoms with E-state index in [9.17, 15) is 4.79 Å². The van der Waals surface area contributed by atoms with Gasteiger partial charge in [-0.15, -0.1) is 0 Å². The maximum atomic E-state index is 11.7. The van der Waals surface area contributed by atoms with Crippen LogP contribution in [0.1, 0.15) is 11.1 Å². The van der Waals surface area contributed by atoms with Crippen LogP contribution < -0.4 is 10.4 Å². The van der Waals surface area contributed by atoms with E-state index in [1.165, 1.54) is 4.68 Å². The van der Waals surface area contributed by atoms with Gasteiger partial charge in [0.15, 0.2) is 0 Å². The molecule has 0 aliphatic heterocycles. The van der Waals surface area contributed by atoms with Crippen LogP contribution in [0, 0.1) is 6.92 Å². The molecule has 3 rings (SSSR count). The molecular formula is C15H13BrN4O2. The maximum absolute atomic E-state index is 11.7. The first-order chi connectivity index (χ1) is 10.6. The molecule has 0 amide bonds. The molecule has 0 aliphatic rings. The fourth-order valence-electron chi connectivity index (χ4n) is 2.08. The molecule has 1 heterocycles. The number of aromatic nitrogens is 4. The molecule has 112 valence electrons. The summed E-state index contributed by atoms with van der Waals surface area (Å²) in [6, 6.07) is 13.4. The number of halogens is 1. The highest BCUT2D eigenvalue weighted by Crippen LogP contribution is 2.26. The normalized spacial score (nSPS) is 10.6. The molecule has 6 nitrogen and oxygen atoms in total. The zero-order valence-corrected chi connectivity index (χ0v) is 13.4. The molecule has 7 heteroatoms. The third kappa shape index (κ3) is 2.94. The molecule has 1 N–H and O–H groups in total. The van der Waals surface area contributed by atoms with Crippen molar-refractivity contribution >= 4 is 15.9 Å². The zero-order valence-electron chi connectivity index (χ0n) is 11.8. The van der Waals surface area contributed by atoms with Crippen LogP contribution in [0.25, 0.3) is 5.69 Å². The second-order valence-electron chi connectivity index (χ2n) is 4.76. The van der Waals surface area contributed by atoms with Crippen molar-refractivity contribution in [1.29, 1.82) is 0 Å². The quantitative estimate of drug-likeness (QED) is 0.775. The fourth-order valence-corrected chi connectivity index (χ4v) is 2.35. The van der Waals surface area contributed by atoms with E-state index in [-0.39, 0.29) is 0 Å². The summed E-state index contributed by atoms with van der Waals surface area (Å²) in [5, 5.41) is 9.56. The van der Waals surface area contributed by atoms with Gasteiger partial charge >= 0.3 is 5.69 Å². The summed E-state index contributed by atoms with van der Waals surface area (Å²) in [7, 11) is 0. The first-order valence-corrected chi connectivity index (χ1v) is 7.42. The third-order valence-electron chi connectivity index (χ3n) is 3.19. The van der Waals surface area contributed by atoms with E-state index in [2.05, 4.69) is 31.5 Å². The lowest BCUT2D eigenvalue weighted by molar-refractivity contribution is 0.302. The average molecular weight is 361 g/mol. The number of tetrazole rings is 1. The Kier molecular flexibility index (Phi) is 4.06. The summed E-state index contributed by atoms with van der Waals surface area (Å²) >= 11 is 3.40. The first kappa shape index (κ1) is 14.5. The Bertz CT molecular complexity index is 839. The van der Waals surface area contributed by atoms with E-state index in [1.54, 1.807) is 6.07 Å². The fraction of sp³-hybridized carbons (Fsp3) is 0.133. The third-order valence-corrected chi connectivity index (χ3v) is 3.72. The number of ether oxygens (including phenoxy) is 1. The van der Waals surface area contributed by atoms with Crippen molar-refractivity contribution in [2.24, 2.45) is 0 Å². The molecule has 2 aromatic carbocycles. The Hall–Kier alpha value is -2.41. The number of nitrogens with zero attached hydrogens (tertiary/aromatic N) is 3. The van der Waals surface area contributed by atoms with Crippen molar-refractivity contribution in [3.05, 3.63) is 68.5 Å². The largest absolute Gasteiger partial charge is 0.486 e. The van der Waals surface area contributed by atoms with Gasteiger partial charge in [0.2, 0.25) is 0 Å². The minimum Gasteiger partial charge on any atom is -0.486 e. The lowest BCUT2D eigenvalue weighted by Gasteiger charge is -2.13. The van der Waals surface area contributed by atoms with Crippen molar-refractivity contribution in [3.8, 4) is 11.4 Å². The van der Waals surface area contributed by atoms with Gasteiger partial charge in [-0.2, -0.15) is 4.68 Å². The van der Waals surface area contributed by atoms with Gasteiger partial charge in [0.05, 0.1) is 0 Å². The lowest BCUT2D eigenvalue weighted by atomic mass is 10.2. The highest BCUT2D eigenvalue weighted by Gasteiger charge is 2.12. The molecular weight excluding hydrogens is 348 g/mol. The molecule has 1 aromatic heterocycles. The van der Waals surface area contributed by atoms with Crippen molar-refractivity contribution in [2.45, 2.75) is 13.5 Å². The van der Waals surface area contributed by atoms with Crippen LogP contribution in [-0.4, -0.2) is 20.2 Å². The molecule has 0 fully saturated rings. The molecule has 0 radical (unpaired) electrons. The predicted molar refractivity (Wildman–Crippen MR) is 85.2 cm³/mol. The summed E-state index contributed by atoms with van der Waals surface area (Å²) in [4.78, 5) is 11.7. The molecule has 3 aromatic rings. The first-order valence-electron chi connectivity index (χ1n) is 6.63. The number of benzene rings is 2. The van der Waals surface area contributed by atoms with E-state index < -0.39 is 5.69 Å². The van der Waals surface area contributed by atoms with Gasteiger partial charge in [-0.05, 0) is 46.7 Å². The number of nitrogens with one attached hydrogen (secondary N) is 1. The van der Waals surface area contributed by atoms with Gasteiger partial charge in [-0.3, -0.25) is 0 Å². The maximum Gasteiger partial charge on any atom is 0.365 e. The molecule has 0 atom stereocenters. The number of rotatable bonds is 4. The van der Waals surface area contributed by atoms with Crippen LogP contribution in [0.5, 0.6) is 5.75 Å². The van der Waals surface area contributed by atoms with E-state index in [1.807, 2.05) is 43.3 Å². The Morgan fingerprint density at radius 3 is 2.68 bits per heavy atom. The molecule has 0 saturated heterocycles. The summed E-state index contributed by atoms with van der Waals surface area (Å²) < 4.78 is 8.12. The van der Waals surface area contributed by atoms with Gasteiger partial charge < -0.3 is 4.74 Å². The monoisotopic (exact) mass is 360 g/mol. The summed E-state index contributed by atoms with van der Waals surface area (Å²) in [5.41, 5.74) is 2.12. The second kappa shape index (κ2) is 6.15. The number of hydrogen-bond donors (Lipinski definition) is 1. The van der Waals surface area contributed by atoms with Crippen molar-refractivity contribution in [1.82, 2.24) is 20.2 Å². The van der Waals surface area contributed by atoms with Crippen LogP contribution in [-0.2, 0) is 6.61 Å². The Labute approximate surface area is 134 Å². The topological polar surface area (TPSA) is 72.8 Å². The Balaban J connectivity index is 1.92. The SMILES string of the molecule is Cc1cccc(-n2nn[nH]c2=O)c1OCc1ccc(Br)cc1. The number of aromatic amines is 1. The molecule has 0 aliphatic carbocycles. The molecule has 22 heavy (non-hydrogen) atoms. The van der Waals surface area contributed by atoms with Crippen molar-refractivity contribution < 1.29 is 4.74 Å². The smallest absolute Gasteiger partial charge is 0.365 e. The van der Waals surface area contributed by atoms with Crippen LogP contribution in [0.2, 0.25) is 0 Å². The lowest BCUT2D eigenvalue weighted by Crippen LogP contribution is -2.17. The zero-order chi connectivity index (χ0) is 15.5. The highest BCUT2D eigenvalue weighted by atomic mass is 79.9. The van der Waals surface area contributed by atoms with Gasteiger partial charge in [-0.1, -0.05) is 40.2 Å². The van der Waals surface area contributed by atoms with Gasteiger partial charge in [0, 0.05) is 4.47 Å². The summed E-state index contributed by atoms with van der Waals surface area (Å²) in [6.07, 6.45) is 0. The second-order valence-corrected chi connectivity index (χ2v) is 5.67. The van der Waals surface area contributed by atoms with Gasteiger partial charge in [0.25, 0.3) is 0 Å². The summed E-state index contributed by atoms with van der Waals surface area (Å²) in [6.45, 7) is 2.32. The van der Waals surface area contributed by atoms with Crippen LogP contribution in [0.3, 0.4) is 0 Å². The number of para-hydroxylation sites is 1. The van der Waals surface area contributed by atoms with E-state index in [0.29, 0.717) is 18.0 Å². The van der Waals surface area contributed by atoms with Crippen molar-refractivity contribution in [3.63, 3.8) is 0 Å². The number of aryl methyl sites for hydroxylation is 1. The minimum absolute atomic E-state index is 0.401. The Morgan fingerprint density at radius 2 is 2.00 bits per heavy atom. The van der Waals surface area contributed by atoms with Gasteiger partial charge in [0.1, 0.15) is 18.0 Å². The van der Waals surface area contributed by atoms with Crippen LogP contribution in [0.4, 0.5) is 0 Å². The molecule has 0 saturated carbocycles. The Morgan fingerprint density at radius 1 is 1.23 bits per heavy atom. The molecule has 0 spiro atoms. The summed E-state index contributed by atoms with van der Waals surface area (Å²) in [5.74, 6) is 0.612. The average Bonchev–Trinajstić information content (AvgIpc) is 2.93. The highest BCUT2D eigenvalue weighted by molar-refractivity contribution is 9.10. The minimum atomic E-state index is -0.404. The number of hydrogen-bond acceptors (Lipinski definition) is 4. The molecule has 0 bridgehead atoms.